The number of aryl methyl sites for hydroxylation is 1. The van der Waals surface area contributed by atoms with Crippen LogP contribution < -0.4 is 4.74 Å². The van der Waals surface area contributed by atoms with E-state index in [0.29, 0.717) is 30.4 Å². The van der Waals surface area contributed by atoms with Crippen molar-refractivity contribution in [2.75, 3.05) is 6.61 Å². The van der Waals surface area contributed by atoms with E-state index in [2.05, 4.69) is 19.1 Å². The molecule has 0 bridgehead atoms. The van der Waals surface area contributed by atoms with Crippen LogP contribution in [0.1, 0.15) is 51.5 Å². The molecule has 0 aliphatic heterocycles. The molecule has 0 saturated carbocycles. The SMILES string of the molecule is CCCC1C=CC(CCc2ccc(OCC)c(F)c2F)CC1. The van der Waals surface area contributed by atoms with Gasteiger partial charge in [-0.25, -0.2) is 4.39 Å². The maximum absolute atomic E-state index is 14.0. The predicted octanol–water partition coefficient (Wildman–Crippen LogP) is 5.68. The molecule has 0 spiro atoms. The minimum Gasteiger partial charge on any atom is -0.491 e. The van der Waals surface area contributed by atoms with Crippen molar-refractivity contribution >= 4 is 0 Å². The summed E-state index contributed by atoms with van der Waals surface area (Å²) >= 11 is 0. The van der Waals surface area contributed by atoms with Crippen molar-refractivity contribution in [3.63, 3.8) is 0 Å². The standard InChI is InChI=1S/C19H26F2O/c1-3-5-14-6-8-15(9-7-14)10-11-16-12-13-17(22-4-2)19(21)18(16)20/h6,8,12-15H,3-5,7,9-11H2,1-2H3. The molecule has 1 nitrogen and oxygen atoms in total. The Morgan fingerprint density at radius 1 is 1.00 bits per heavy atom. The molecule has 0 radical (unpaired) electrons. The second-order valence-electron chi connectivity index (χ2n) is 6.09. The van der Waals surface area contributed by atoms with Crippen LogP contribution in [0, 0.1) is 23.5 Å². The minimum atomic E-state index is -0.860. The van der Waals surface area contributed by atoms with Crippen LogP contribution in [0.15, 0.2) is 24.3 Å². The Balaban J connectivity index is 1.92. The van der Waals surface area contributed by atoms with E-state index in [1.54, 1.807) is 13.0 Å². The van der Waals surface area contributed by atoms with E-state index in [-0.39, 0.29) is 5.75 Å². The third-order valence-corrected chi connectivity index (χ3v) is 4.43. The smallest absolute Gasteiger partial charge is 0.200 e. The molecule has 1 aliphatic rings. The maximum Gasteiger partial charge on any atom is 0.200 e. The van der Waals surface area contributed by atoms with Crippen molar-refractivity contribution in [1.82, 2.24) is 0 Å². The first kappa shape index (κ1) is 17.0. The van der Waals surface area contributed by atoms with Crippen LogP contribution >= 0.6 is 0 Å². The van der Waals surface area contributed by atoms with E-state index in [9.17, 15) is 8.78 Å². The molecule has 1 aromatic carbocycles. The molecular formula is C19H26F2O. The van der Waals surface area contributed by atoms with Crippen molar-refractivity contribution in [3.8, 4) is 5.75 Å². The highest BCUT2D eigenvalue weighted by molar-refractivity contribution is 5.31. The van der Waals surface area contributed by atoms with Crippen molar-refractivity contribution in [1.29, 1.82) is 0 Å². The van der Waals surface area contributed by atoms with Gasteiger partial charge >= 0.3 is 0 Å². The Morgan fingerprint density at radius 3 is 2.27 bits per heavy atom. The van der Waals surface area contributed by atoms with E-state index < -0.39 is 11.6 Å². The van der Waals surface area contributed by atoms with E-state index in [0.717, 1.165) is 12.8 Å². The molecule has 2 unspecified atom stereocenters. The fourth-order valence-electron chi connectivity index (χ4n) is 3.16. The molecule has 0 saturated heterocycles. The number of benzene rings is 1. The Morgan fingerprint density at radius 2 is 1.68 bits per heavy atom. The maximum atomic E-state index is 14.0. The van der Waals surface area contributed by atoms with Gasteiger partial charge in [0.25, 0.3) is 0 Å². The van der Waals surface area contributed by atoms with Crippen LogP contribution in [0.4, 0.5) is 8.78 Å². The fourth-order valence-corrected chi connectivity index (χ4v) is 3.16. The molecule has 22 heavy (non-hydrogen) atoms. The number of allylic oxidation sites excluding steroid dienone is 2. The van der Waals surface area contributed by atoms with E-state index in [4.69, 9.17) is 4.74 Å². The minimum absolute atomic E-state index is 0.00344. The molecule has 0 heterocycles. The van der Waals surface area contributed by atoms with Crippen molar-refractivity contribution < 1.29 is 13.5 Å². The summed E-state index contributed by atoms with van der Waals surface area (Å²) in [6.45, 7) is 4.30. The molecule has 0 aromatic heterocycles. The van der Waals surface area contributed by atoms with Crippen LogP contribution in [-0.4, -0.2) is 6.61 Å². The highest BCUT2D eigenvalue weighted by Gasteiger charge is 2.18. The Labute approximate surface area is 132 Å². The lowest BCUT2D eigenvalue weighted by Gasteiger charge is -2.22. The van der Waals surface area contributed by atoms with Gasteiger partial charge in [0.15, 0.2) is 11.6 Å². The second-order valence-corrected chi connectivity index (χ2v) is 6.09. The summed E-state index contributed by atoms with van der Waals surface area (Å²) in [6.07, 6.45) is 10.9. The van der Waals surface area contributed by atoms with Gasteiger partial charge in [-0.15, -0.1) is 0 Å². The zero-order valence-electron chi connectivity index (χ0n) is 13.6. The number of hydrogen-bond donors (Lipinski definition) is 0. The van der Waals surface area contributed by atoms with Crippen LogP contribution in [-0.2, 0) is 6.42 Å². The Hall–Kier alpha value is -1.38. The third-order valence-electron chi connectivity index (χ3n) is 4.43. The van der Waals surface area contributed by atoms with Crippen LogP contribution in [0.2, 0.25) is 0 Å². The summed E-state index contributed by atoms with van der Waals surface area (Å²) in [5.74, 6) is -0.414. The number of halogens is 2. The molecule has 3 heteroatoms. The van der Waals surface area contributed by atoms with Gasteiger partial charge in [0.2, 0.25) is 5.82 Å². The van der Waals surface area contributed by atoms with Gasteiger partial charge in [0.1, 0.15) is 0 Å². The van der Waals surface area contributed by atoms with E-state index in [1.165, 1.54) is 25.3 Å². The van der Waals surface area contributed by atoms with Gasteiger partial charge in [-0.1, -0.05) is 31.6 Å². The second kappa shape index (κ2) is 8.30. The topological polar surface area (TPSA) is 9.23 Å². The van der Waals surface area contributed by atoms with Crippen molar-refractivity contribution in [3.05, 3.63) is 41.5 Å². The molecule has 2 atom stereocenters. The average molecular weight is 308 g/mol. The first-order chi connectivity index (χ1) is 10.7. The van der Waals surface area contributed by atoms with Crippen LogP contribution in [0.5, 0.6) is 5.75 Å². The van der Waals surface area contributed by atoms with Gasteiger partial charge in [0.05, 0.1) is 6.61 Å². The summed E-state index contributed by atoms with van der Waals surface area (Å²) in [6, 6.07) is 3.18. The summed E-state index contributed by atoms with van der Waals surface area (Å²) in [5.41, 5.74) is 0.449. The molecule has 0 N–H and O–H groups in total. The molecule has 0 amide bonds. The van der Waals surface area contributed by atoms with Crippen molar-refractivity contribution in [2.45, 2.75) is 52.4 Å². The quantitative estimate of drug-likeness (QED) is 0.589. The summed E-state index contributed by atoms with van der Waals surface area (Å²) < 4.78 is 32.9. The van der Waals surface area contributed by atoms with E-state index >= 15 is 0 Å². The lowest BCUT2D eigenvalue weighted by atomic mass is 9.83. The summed E-state index contributed by atoms with van der Waals surface area (Å²) in [5, 5.41) is 0. The highest BCUT2D eigenvalue weighted by atomic mass is 19.2. The molecule has 2 rings (SSSR count). The Kier molecular flexibility index (Phi) is 6.41. The van der Waals surface area contributed by atoms with Gasteiger partial charge in [-0.2, -0.15) is 4.39 Å². The predicted molar refractivity (Wildman–Crippen MR) is 86.1 cm³/mol. The first-order valence-corrected chi connectivity index (χ1v) is 8.43. The lowest BCUT2D eigenvalue weighted by Crippen LogP contribution is -2.10. The largest absolute Gasteiger partial charge is 0.491 e. The normalized spacial score (nSPS) is 21.1. The molecule has 1 aliphatic carbocycles. The van der Waals surface area contributed by atoms with Gasteiger partial charge in [-0.05, 0) is 62.5 Å². The van der Waals surface area contributed by atoms with Gasteiger partial charge in [0, 0.05) is 0 Å². The first-order valence-electron chi connectivity index (χ1n) is 8.43. The Bertz CT molecular complexity index is 510. The van der Waals surface area contributed by atoms with Gasteiger partial charge in [-0.3, -0.25) is 0 Å². The summed E-state index contributed by atoms with van der Waals surface area (Å²) in [4.78, 5) is 0. The number of ether oxygens (including phenoxy) is 1. The number of rotatable bonds is 7. The zero-order valence-corrected chi connectivity index (χ0v) is 13.6. The molecular weight excluding hydrogens is 282 g/mol. The van der Waals surface area contributed by atoms with E-state index in [1.807, 2.05) is 0 Å². The third kappa shape index (κ3) is 4.31. The molecule has 1 aromatic rings. The lowest BCUT2D eigenvalue weighted by molar-refractivity contribution is 0.313. The van der Waals surface area contributed by atoms with Gasteiger partial charge < -0.3 is 4.74 Å². The van der Waals surface area contributed by atoms with Crippen molar-refractivity contribution in [2.24, 2.45) is 11.8 Å². The average Bonchev–Trinajstić information content (AvgIpc) is 2.53. The number of hydrogen-bond acceptors (Lipinski definition) is 1. The van der Waals surface area contributed by atoms with Crippen LogP contribution in [0.25, 0.3) is 0 Å². The highest BCUT2D eigenvalue weighted by Crippen LogP contribution is 2.29. The monoisotopic (exact) mass is 308 g/mol. The fraction of sp³-hybridized carbons (Fsp3) is 0.579. The molecule has 122 valence electrons. The van der Waals surface area contributed by atoms with Crippen LogP contribution in [0.3, 0.4) is 0 Å². The molecule has 0 fully saturated rings. The zero-order chi connectivity index (χ0) is 15.9. The summed E-state index contributed by atoms with van der Waals surface area (Å²) in [7, 11) is 0.